The highest BCUT2D eigenvalue weighted by molar-refractivity contribution is 5.09. The van der Waals surface area contributed by atoms with E-state index in [4.69, 9.17) is 24.0 Å². The maximum atomic E-state index is 6.47. The molecule has 0 aromatic heterocycles. The van der Waals surface area contributed by atoms with Gasteiger partial charge in [-0.3, -0.25) is 4.90 Å². The minimum Gasteiger partial charge on any atom is -0.351 e. The molecule has 5 saturated heterocycles. The highest BCUT2D eigenvalue weighted by atomic mass is 17.3. The third kappa shape index (κ3) is 3.14. The number of nitrogens with one attached hydrogen (secondary N) is 1. The first-order valence-corrected chi connectivity index (χ1v) is 11.3. The lowest BCUT2D eigenvalue weighted by atomic mass is 9.58. The second-order valence-corrected chi connectivity index (χ2v) is 9.74. The molecule has 6 rings (SSSR count). The third-order valence-corrected chi connectivity index (χ3v) is 8.00. The molecule has 0 radical (unpaired) electrons. The Morgan fingerprint density at radius 3 is 2.71 bits per heavy atom. The Labute approximate surface area is 168 Å². The van der Waals surface area contributed by atoms with Crippen molar-refractivity contribution in [1.29, 1.82) is 0 Å². The molecule has 0 aromatic carbocycles. The van der Waals surface area contributed by atoms with Crippen LogP contribution in [-0.4, -0.2) is 68.2 Å². The van der Waals surface area contributed by atoms with Crippen LogP contribution in [0.3, 0.4) is 0 Å². The van der Waals surface area contributed by atoms with Gasteiger partial charge in [0.1, 0.15) is 0 Å². The van der Waals surface area contributed by atoms with Crippen molar-refractivity contribution in [1.82, 2.24) is 10.2 Å². The Morgan fingerprint density at radius 1 is 1.07 bits per heavy atom. The summed E-state index contributed by atoms with van der Waals surface area (Å²) in [6.45, 7) is 12.5. The maximum absolute atomic E-state index is 6.47. The Kier molecular flexibility index (Phi) is 5.23. The van der Waals surface area contributed by atoms with E-state index >= 15 is 0 Å². The predicted octanol–water partition coefficient (Wildman–Crippen LogP) is 2.12. The Bertz CT molecular complexity index is 573. The molecule has 0 aromatic rings. The molecule has 0 unspecified atom stereocenters. The first-order chi connectivity index (χ1) is 13.5. The van der Waals surface area contributed by atoms with Crippen LogP contribution in [0.4, 0.5) is 0 Å². The molecule has 0 amide bonds. The standard InChI is InChI=1S/C21H36N2O5/c1-14-4-5-17-15(2)18(24-13-12-23-10-8-22-9-11-23)25-19-21(17)16(14)6-7-20(3,26-19)27-28-21/h14-19,22H,4-13H2,1-3H3/t14-,15-,16+,17+,18+,19-,20-,21-/m1/s1. The summed E-state index contributed by atoms with van der Waals surface area (Å²) < 4.78 is 19.1. The molecule has 1 aliphatic carbocycles. The lowest BCUT2D eigenvalue weighted by molar-refractivity contribution is -0.577. The SMILES string of the molecule is C[C@H]1[C@@H](OCCN2CCNCC2)O[C@@H]2O[C@@]3(C)CC[C@H]4[C@H](C)CC[C@@H]1[C@@]24OO3. The fourth-order valence-corrected chi connectivity index (χ4v) is 6.30. The molecule has 1 saturated carbocycles. The zero-order chi connectivity index (χ0) is 19.4. The second-order valence-electron chi connectivity index (χ2n) is 9.74. The number of fused-ring (bicyclic) bond motifs is 2. The molecular formula is C21H36N2O5. The van der Waals surface area contributed by atoms with Crippen LogP contribution in [0.25, 0.3) is 0 Å². The molecule has 28 heavy (non-hydrogen) atoms. The Morgan fingerprint density at radius 2 is 1.89 bits per heavy atom. The lowest BCUT2D eigenvalue weighted by Gasteiger charge is -2.60. The van der Waals surface area contributed by atoms with E-state index in [2.05, 4.69) is 24.1 Å². The van der Waals surface area contributed by atoms with Gasteiger partial charge >= 0.3 is 0 Å². The van der Waals surface area contributed by atoms with Crippen LogP contribution in [0, 0.1) is 23.7 Å². The molecule has 1 N–H and O–H groups in total. The summed E-state index contributed by atoms with van der Waals surface area (Å²) in [5.41, 5.74) is -0.495. The van der Waals surface area contributed by atoms with Crippen molar-refractivity contribution < 1.29 is 24.0 Å². The van der Waals surface area contributed by atoms with E-state index in [9.17, 15) is 0 Å². The minimum atomic E-state index is -0.719. The first-order valence-electron chi connectivity index (χ1n) is 11.3. The van der Waals surface area contributed by atoms with Gasteiger partial charge in [-0.25, -0.2) is 9.78 Å². The normalized spacial score (nSPS) is 51.5. The van der Waals surface area contributed by atoms with Gasteiger partial charge in [-0.05, 0) is 38.0 Å². The van der Waals surface area contributed by atoms with E-state index in [0.29, 0.717) is 24.4 Å². The molecule has 7 nitrogen and oxygen atoms in total. The van der Waals surface area contributed by atoms with Crippen LogP contribution < -0.4 is 5.32 Å². The van der Waals surface area contributed by atoms with Crippen molar-refractivity contribution in [3.05, 3.63) is 0 Å². The number of hydrogen-bond acceptors (Lipinski definition) is 7. The van der Waals surface area contributed by atoms with Crippen molar-refractivity contribution in [3.63, 3.8) is 0 Å². The molecule has 6 fully saturated rings. The monoisotopic (exact) mass is 396 g/mol. The molecular weight excluding hydrogens is 360 g/mol. The van der Waals surface area contributed by atoms with Crippen LogP contribution in [0.5, 0.6) is 0 Å². The van der Waals surface area contributed by atoms with Gasteiger partial charge in [-0.2, -0.15) is 0 Å². The van der Waals surface area contributed by atoms with E-state index in [1.807, 2.05) is 6.92 Å². The fourth-order valence-electron chi connectivity index (χ4n) is 6.30. The maximum Gasteiger partial charge on any atom is 0.201 e. The average Bonchev–Trinajstić information content (AvgIpc) is 2.92. The fraction of sp³-hybridized carbons (Fsp3) is 1.00. The first kappa shape index (κ1) is 19.7. The lowest BCUT2D eigenvalue weighted by Crippen LogP contribution is -2.70. The number of piperazine rings is 1. The van der Waals surface area contributed by atoms with E-state index in [-0.39, 0.29) is 12.2 Å². The number of nitrogens with zero attached hydrogens (tertiary/aromatic N) is 1. The zero-order valence-electron chi connectivity index (χ0n) is 17.5. The summed E-state index contributed by atoms with van der Waals surface area (Å²) >= 11 is 0. The molecule has 7 heteroatoms. The molecule has 160 valence electrons. The minimum absolute atomic E-state index is 0.246. The smallest absolute Gasteiger partial charge is 0.201 e. The number of rotatable bonds is 4. The van der Waals surface area contributed by atoms with Crippen molar-refractivity contribution in [2.45, 2.75) is 70.4 Å². The summed E-state index contributed by atoms with van der Waals surface area (Å²) in [4.78, 5) is 14.5. The highest BCUT2D eigenvalue weighted by Gasteiger charge is 2.69. The molecule has 5 aliphatic heterocycles. The zero-order valence-corrected chi connectivity index (χ0v) is 17.5. The van der Waals surface area contributed by atoms with E-state index in [0.717, 1.165) is 52.0 Å². The van der Waals surface area contributed by atoms with Crippen LogP contribution in [-0.2, 0) is 24.0 Å². The van der Waals surface area contributed by atoms with Gasteiger partial charge in [0.05, 0.1) is 6.61 Å². The van der Waals surface area contributed by atoms with Crippen LogP contribution in [0.15, 0.2) is 0 Å². The summed E-state index contributed by atoms with van der Waals surface area (Å²) in [6, 6.07) is 0. The number of hydrogen-bond donors (Lipinski definition) is 1. The van der Waals surface area contributed by atoms with Crippen molar-refractivity contribution in [2.24, 2.45) is 23.7 Å². The van der Waals surface area contributed by atoms with E-state index in [1.165, 1.54) is 6.42 Å². The summed E-state index contributed by atoms with van der Waals surface area (Å²) in [5.74, 6) is 0.865. The Hall–Kier alpha value is -0.280. The van der Waals surface area contributed by atoms with Gasteiger partial charge in [0.2, 0.25) is 5.79 Å². The molecule has 2 bridgehead atoms. The molecule has 1 spiro atoms. The van der Waals surface area contributed by atoms with Crippen LogP contribution >= 0.6 is 0 Å². The largest absolute Gasteiger partial charge is 0.351 e. The average molecular weight is 397 g/mol. The summed E-state index contributed by atoms with van der Waals surface area (Å²) in [5, 5.41) is 3.39. The topological polar surface area (TPSA) is 61.4 Å². The van der Waals surface area contributed by atoms with Crippen LogP contribution in [0.2, 0.25) is 0 Å². The van der Waals surface area contributed by atoms with E-state index in [1.54, 1.807) is 0 Å². The van der Waals surface area contributed by atoms with Crippen molar-refractivity contribution in [2.75, 3.05) is 39.3 Å². The number of ether oxygens (including phenoxy) is 3. The van der Waals surface area contributed by atoms with Gasteiger partial charge in [0, 0.05) is 51.0 Å². The quantitative estimate of drug-likeness (QED) is 0.731. The van der Waals surface area contributed by atoms with Crippen LogP contribution in [0.1, 0.15) is 46.5 Å². The van der Waals surface area contributed by atoms with Gasteiger partial charge < -0.3 is 19.5 Å². The third-order valence-electron chi connectivity index (χ3n) is 8.00. The van der Waals surface area contributed by atoms with Crippen molar-refractivity contribution >= 4 is 0 Å². The molecule has 6 aliphatic rings. The summed E-state index contributed by atoms with van der Waals surface area (Å²) in [7, 11) is 0. The van der Waals surface area contributed by atoms with Gasteiger partial charge in [-0.15, -0.1) is 0 Å². The molecule has 5 heterocycles. The highest BCUT2D eigenvalue weighted by Crippen LogP contribution is 2.60. The van der Waals surface area contributed by atoms with Gasteiger partial charge in [0.25, 0.3) is 0 Å². The predicted molar refractivity (Wildman–Crippen MR) is 102 cm³/mol. The van der Waals surface area contributed by atoms with Gasteiger partial charge in [-0.1, -0.05) is 13.8 Å². The van der Waals surface area contributed by atoms with E-state index < -0.39 is 17.7 Å². The summed E-state index contributed by atoms with van der Waals surface area (Å²) in [6.07, 6.45) is 3.59. The Balaban J connectivity index is 1.31. The van der Waals surface area contributed by atoms with Crippen molar-refractivity contribution in [3.8, 4) is 0 Å². The second kappa shape index (κ2) is 7.45. The molecule has 8 atom stereocenters. The van der Waals surface area contributed by atoms with Gasteiger partial charge in [0.15, 0.2) is 18.2 Å².